The topological polar surface area (TPSA) is 73.3 Å². The van der Waals surface area contributed by atoms with E-state index < -0.39 is 44.3 Å². The highest BCUT2D eigenvalue weighted by molar-refractivity contribution is 7.90. The van der Waals surface area contributed by atoms with E-state index in [0.29, 0.717) is 11.2 Å². The van der Waals surface area contributed by atoms with Gasteiger partial charge in [0.25, 0.3) is 5.92 Å². The van der Waals surface area contributed by atoms with Gasteiger partial charge in [0.05, 0.1) is 5.54 Å². The second-order valence-corrected chi connectivity index (χ2v) is 9.25. The smallest absolute Gasteiger partial charge is 0.270 e. The quantitative estimate of drug-likeness (QED) is 0.729. The van der Waals surface area contributed by atoms with Gasteiger partial charge >= 0.3 is 0 Å². The predicted molar refractivity (Wildman–Crippen MR) is 100 cm³/mol. The Labute approximate surface area is 165 Å². The fourth-order valence-electron chi connectivity index (χ4n) is 3.53. The lowest BCUT2D eigenvalue weighted by Gasteiger charge is -2.46. The fraction of sp³-hybridized carbons (Fsp3) is 0.316. The zero-order chi connectivity index (χ0) is 21.8. The Bertz CT molecular complexity index is 1070. The van der Waals surface area contributed by atoms with Crippen molar-refractivity contribution in [1.82, 2.24) is 9.62 Å². The number of hydrogen-bond donors (Lipinski definition) is 2. The Morgan fingerprint density at radius 2 is 1.72 bits per heavy atom. The Morgan fingerprint density at radius 3 is 2.28 bits per heavy atom. The zero-order valence-corrected chi connectivity index (χ0v) is 16.6. The summed E-state index contributed by atoms with van der Waals surface area (Å²) in [4.78, 5) is 0. The number of halogens is 4. The van der Waals surface area contributed by atoms with Crippen molar-refractivity contribution >= 4 is 16.0 Å². The molecule has 156 valence electrons. The van der Waals surface area contributed by atoms with Gasteiger partial charge in [-0.05, 0) is 30.7 Å². The molecule has 1 saturated heterocycles. The largest absolute Gasteiger partial charge is 0.345 e. The lowest BCUT2D eigenvalue weighted by Crippen LogP contribution is -2.62. The van der Waals surface area contributed by atoms with Crippen LogP contribution in [-0.4, -0.2) is 25.7 Å². The molecule has 2 N–H and O–H groups in total. The lowest BCUT2D eigenvalue weighted by atomic mass is 9.84. The number of guanidine groups is 1. The van der Waals surface area contributed by atoms with Crippen LogP contribution in [0.1, 0.15) is 35.8 Å². The lowest BCUT2D eigenvalue weighted by molar-refractivity contribution is 0.0174. The number of nitrogens with zero attached hydrogens (tertiary/aromatic N) is 1. The molecule has 1 heterocycles. The van der Waals surface area contributed by atoms with E-state index >= 15 is 0 Å². The van der Waals surface area contributed by atoms with Crippen molar-refractivity contribution < 1.29 is 26.0 Å². The van der Waals surface area contributed by atoms with E-state index in [1.807, 2.05) is 0 Å². The Kier molecular flexibility index (Phi) is 4.89. The first-order chi connectivity index (χ1) is 13.3. The van der Waals surface area contributed by atoms with Gasteiger partial charge in [0.15, 0.2) is 0 Å². The second-order valence-electron chi connectivity index (χ2n) is 7.20. The van der Waals surface area contributed by atoms with Crippen molar-refractivity contribution in [2.24, 2.45) is 0 Å². The number of benzene rings is 2. The highest BCUT2D eigenvalue weighted by Gasteiger charge is 2.53. The second kappa shape index (κ2) is 6.72. The summed E-state index contributed by atoms with van der Waals surface area (Å²) in [5.41, 5.74) is -2.29. The molecule has 0 aromatic heterocycles. The SMILES string of the molecule is CN1C(=N)N[C@](C)(c2cc(F)ccc2F)[C@@H](c2ccc(C(C)(F)F)cc2)S1(=O)=O. The van der Waals surface area contributed by atoms with Crippen LogP contribution in [0.5, 0.6) is 0 Å². The van der Waals surface area contributed by atoms with Gasteiger partial charge in [0.1, 0.15) is 16.9 Å². The first-order valence-electron chi connectivity index (χ1n) is 8.57. The number of nitrogens with one attached hydrogen (secondary N) is 2. The average molecular weight is 429 g/mol. The minimum Gasteiger partial charge on any atom is -0.345 e. The van der Waals surface area contributed by atoms with Gasteiger partial charge in [-0.25, -0.2) is 30.3 Å². The van der Waals surface area contributed by atoms with E-state index in [0.717, 1.165) is 37.4 Å². The summed E-state index contributed by atoms with van der Waals surface area (Å²) in [6.07, 6.45) is 0. The van der Waals surface area contributed by atoms with Crippen molar-refractivity contribution in [3.8, 4) is 0 Å². The first kappa shape index (κ1) is 21.1. The number of rotatable bonds is 3. The number of alkyl halides is 2. The number of hydrogen-bond acceptors (Lipinski definition) is 3. The molecule has 0 bridgehead atoms. The van der Waals surface area contributed by atoms with Crippen LogP contribution in [0.25, 0.3) is 0 Å². The van der Waals surface area contributed by atoms with Crippen molar-refractivity contribution in [3.63, 3.8) is 0 Å². The third kappa shape index (κ3) is 3.45. The Morgan fingerprint density at radius 1 is 1.14 bits per heavy atom. The maximum absolute atomic E-state index is 14.6. The molecule has 2 atom stereocenters. The van der Waals surface area contributed by atoms with Crippen LogP contribution in [0.2, 0.25) is 0 Å². The van der Waals surface area contributed by atoms with Crippen LogP contribution in [0.15, 0.2) is 42.5 Å². The molecule has 3 rings (SSSR count). The van der Waals surface area contributed by atoms with Gasteiger partial charge in [-0.15, -0.1) is 0 Å². The van der Waals surface area contributed by atoms with Crippen molar-refractivity contribution in [1.29, 1.82) is 5.41 Å². The maximum Gasteiger partial charge on any atom is 0.270 e. The normalized spacial score (nSPS) is 24.3. The monoisotopic (exact) mass is 429 g/mol. The molecule has 0 aliphatic carbocycles. The predicted octanol–water partition coefficient (Wildman–Crippen LogP) is 3.83. The molecular weight excluding hydrogens is 410 g/mol. The minimum absolute atomic E-state index is 0.0935. The van der Waals surface area contributed by atoms with Gasteiger partial charge in [-0.2, -0.15) is 0 Å². The van der Waals surface area contributed by atoms with Crippen molar-refractivity contribution in [2.45, 2.75) is 30.6 Å². The Hall–Kier alpha value is -2.62. The molecule has 2 aromatic rings. The minimum atomic E-state index is -4.27. The van der Waals surface area contributed by atoms with Crippen molar-refractivity contribution in [3.05, 3.63) is 70.8 Å². The van der Waals surface area contributed by atoms with Crippen LogP contribution >= 0.6 is 0 Å². The van der Waals surface area contributed by atoms with Crippen LogP contribution in [0.4, 0.5) is 17.6 Å². The number of sulfonamides is 1. The standard InChI is InChI=1S/C19H19F4N3O2S/c1-18(14-10-13(20)8-9-15(14)21)16(29(27,28)26(3)17(24)25-18)11-4-6-12(7-5-11)19(2,22)23/h4-10,16H,1-3H3,(H2,24,25)/t16-,18-/m1/s1. The van der Waals surface area contributed by atoms with E-state index in [1.165, 1.54) is 19.1 Å². The zero-order valence-electron chi connectivity index (χ0n) is 15.8. The van der Waals surface area contributed by atoms with Crippen molar-refractivity contribution in [2.75, 3.05) is 7.05 Å². The Balaban J connectivity index is 2.25. The molecule has 2 aromatic carbocycles. The fourth-order valence-corrected chi connectivity index (χ4v) is 5.43. The van der Waals surface area contributed by atoms with Crippen LogP contribution < -0.4 is 5.32 Å². The van der Waals surface area contributed by atoms with Gasteiger partial charge in [0, 0.05) is 25.1 Å². The van der Waals surface area contributed by atoms with Gasteiger partial charge in [-0.3, -0.25) is 5.41 Å². The molecule has 10 heteroatoms. The van der Waals surface area contributed by atoms with Gasteiger partial charge in [-0.1, -0.05) is 24.3 Å². The third-order valence-corrected chi connectivity index (χ3v) is 7.39. The maximum atomic E-state index is 14.6. The molecule has 0 radical (unpaired) electrons. The summed E-state index contributed by atoms with van der Waals surface area (Å²) < 4.78 is 82.6. The molecule has 0 amide bonds. The summed E-state index contributed by atoms with van der Waals surface area (Å²) >= 11 is 0. The summed E-state index contributed by atoms with van der Waals surface area (Å²) in [5.74, 6) is -5.30. The van der Waals surface area contributed by atoms with Crippen LogP contribution in [-0.2, 0) is 21.5 Å². The highest BCUT2D eigenvalue weighted by atomic mass is 32.2. The molecule has 0 unspecified atom stereocenters. The van der Waals surface area contributed by atoms with Crippen LogP contribution in [0.3, 0.4) is 0 Å². The molecule has 0 spiro atoms. The molecule has 1 aliphatic rings. The summed E-state index contributed by atoms with van der Waals surface area (Å²) in [6.45, 7) is 2.04. The van der Waals surface area contributed by atoms with Gasteiger partial charge < -0.3 is 5.32 Å². The molecule has 1 aliphatic heterocycles. The summed E-state index contributed by atoms with van der Waals surface area (Å²) in [6, 6.07) is 7.23. The van der Waals surface area contributed by atoms with Crippen LogP contribution in [0, 0.1) is 17.0 Å². The molecule has 29 heavy (non-hydrogen) atoms. The molecular formula is C19H19F4N3O2S. The van der Waals surface area contributed by atoms with E-state index in [-0.39, 0.29) is 16.7 Å². The summed E-state index contributed by atoms with van der Waals surface area (Å²) in [7, 11) is -3.12. The molecule has 0 saturated carbocycles. The summed E-state index contributed by atoms with van der Waals surface area (Å²) in [5, 5.41) is 9.11. The molecule has 5 nitrogen and oxygen atoms in total. The van der Waals surface area contributed by atoms with E-state index in [4.69, 9.17) is 5.41 Å². The first-order valence-corrected chi connectivity index (χ1v) is 10.1. The van der Waals surface area contributed by atoms with E-state index in [2.05, 4.69) is 5.32 Å². The highest BCUT2D eigenvalue weighted by Crippen LogP contribution is 2.46. The average Bonchev–Trinajstić information content (AvgIpc) is 2.61. The molecule has 1 fully saturated rings. The van der Waals surface area contributed by atoms with E-state index in [1.54, 1.807) is 0 Å². The third-order valence-electron chi connectivity index (χ3n) is 5.11. The van der Waals surface area contributed by atoms with E-state index in [9.17, 15) is 26.0 Å². The van der Waals surface area contributed by atoms with Gasteiger partial charge in [0.2, 0.25) is 16.0 Å².